The van der Waals surface area contributed by atoms with Crippen molar-refractivity contribution in [1.82, 2.24) is 9.88 Å². The first-order valence-corrected chi connectivity index (χ1v) is 8.24. The van der Waals surface area contributed by atoms with E-state index in [1.807, 2.05) is 18.2 Å². The number of halogens is 1. The number of amides is 2. The molecule has 2 heterocycles. The van der Waals surface area contributed by atoms with Gasteiger partial charge in [-0.05, 0) is 24.3 Å². The van der Waals surface area contributed by atoms with Crippen molar-refractivity contribution in [3.8, 4) is 0 Å². The van der Waals surface area contributed by atoms with Gasteiger partial charge < -0.3 is 14.6 Å². The minimum Gasteiger partial charge on any atom is -0.442 e. The van der Waals surface area contributed by atoms with Gasteiger partial charge in [0, 0.05) is 23.5 Å². The third-order valence-corrected chi connectivity index (χ3v) is 4.16. The average molecular weight is 364 g/mol. The molecule has 0 unspecified atom stereocenters. The molecule has 0 radical (unpaired) electrons. The van der Waals surface area contributed by atoms with Crippen LogP contribution in [-0.4, -0.2) is 49.5 Å². The quantitative estimate of drug-likeness (QED) is 0.735. The lowest BCUT2D eigenvalue weighted by Crippen LogP contribution is -2.33. The van der Waals surface area contributed by atoms with Crippen molar-refractivity contribution >= 4 is 34.4 Å². The highest BCUT2D eigenvalue weighted by Crippen LogP contribution is 2.30. The lowest BCUT2D eigenvalue weighted by atomic mass is 10.2. The fourth-order valence-electron chi connectivity index (χ4n) is 3.04. The lowest BCUT2D eigenvalue weighted by Gasteiger charge is -2.14. The maximum Gasteiger partial charge on any atom is 0.414 e. The van der Waals surface area contributed by atoms with Gasteiger partial charge in [0.2, 0.25) is 5.91 Å². The highest BCUT2D eigenvalue weighted by molar-refractivity contribution is 5.94. The number of hydrogen-bond acceptors (Lipinski definition) is 5. The van der Waals surface area contributed by atoms with Crippen LogP contribution in [0.15, 0.2) is 24.3 Å². The molecule has 0 spiro atoms. The molecule has 1 atom stereocenters. The average Bonchev–Trinajstić information content (AvgIpc) is 3.14. The monoisotopic (exact) mass is 364 g/mol. The number of rotatable bonds is 7. The smallest absolute Gasteiger partial charge is 0.414 e. The Balaban J connectivity index is 1.84. The second-order valence-corrected chi connectivity index (χ2v) is 5.97. The van der Waals surface area contributed by atoms with Gasteiger partial charge in [-0.25, -0.2) is 9.18 Å². The molecule has 1 aromatic heterocycles. The minimum absolute atomic E-state index is 0.173. The molecule has 140 valence electrons. The van der Waals surface area contributed by atoms with E-state index in [0.717, 1.165) is 10.9 Å². The Hall–Kier alpha value is -2.81. The van der Waals surface area contributed by atoms with Crippen molar-refractivity contribution < 1.29 is 23.6 Å². The number of nitrogens with zero attached hydrogens (tertiary/aromatic N) is 2. The number of nitrogens with one attached hydrogen (secondary N) is 2. The van der Waals surface area contributed by atoms with Gasteiger partial charge in [0.1, 0.15) is 18.6 Å². The SMILES string of the molecule is CONc1cc2cc(N3C[C@H](CNC(C)=O)OC3=O)ccc2n1CCF. The van der Waals surface area contributed by atoms with Gasteiger partial charge in [-0.3, -0.25) is 20.0 Å². The topological polar surface area (TPSA) is 84.8 Å². The number of benzene rings is 1. The summed E-state index contributed by atoms with van der Waals surface area (Å²) in [4.78, 5) is 29.6. The third kappa shape index (κ3) is 3.57. The molecule has 0 saturated carbocycles. The Labute approximate surface area is 149 Å². The second-order valence-electron chi connectivity index (χ2n) is 5.97. The van der Waals surface area contributed by atoms with Crippen LogP contribution in [0.2, 0.25) is 0 Å². The molecular formula is C17H21FN4O4. The maximum atomic E-state index is 12.9. The molecule has 1 aliphatic heterocycles. The lowest BCUT2D eigenvalue weighted by molar-refractivity contribution is -0.119. The van der Waals surface area contributed by atoms with Gasteiger partial charge in [0.25, 0.3) is 0 Å². The molecule has 26 heavy (non-hydrogen) atoms. The van der Waals surface area contributed by atoms with Crippen LogP contribution in [-0.2, 0) is 20.9 Å². The number of cyclic esters (lactones) is 1. The fraction of sp³-hybridized carbons (Fsp3) is 0.412. The van der Waals surface area contributed by atoms with Gasteiger partial charge in [0.15, 0.2) is 0 Å². The van der Waals surface area contributed by atoms with Crippen LogP contribution in [0.25, 0.3) is 10.9 Å². The minimum atomic E-state index is -0.507. The Morgan fingerprint density at radius 3 is 2.92 bits per heavy atom. The van der Waals surface area contributed by atoms with E-state index in [0.29, 0.717) is 18.1 Å². The summed E-state index contributed by atoms with van der Waals surface area (Å²) in [6.45, 7) is 1.72. The predicted octanol–water partition coefficient (Wildman–Crippen LogP) is 2.05. The van der Waals surface area contributed by atoms with E-state index >= 15 is 0 Å². The number of carbonyl (C=O) groups is 2. The van der Waals surface area contributed by atoms with Crippen LogP contribution >= 0.6 is 0 Å². The van der Waals surface area contributed by atoms with Crippen LogP contribution in [0.5, 0.6) is 0 Å². The molecule has 0 bridgehead atoms. The molecule has 1 fully saturated rings. The molecule has 8 nitrogen and oxygen atoms in total. The predicted molar refractivity (Wildman–Crippen MR) is 94.8 cm³/mol. The standard InChI is InChI=1S/C17H21FN4O4/c1-11(23)19-9-14-10-22(17(24)26-14)13-3-4-15-12(7-13)8-16(20-25-2)21(15)6-5-18/h3-4,7-8,14,20H,5-6,9-10H2,1-2H3,(H,19,23)/t14-/m0/s1. The maximum absolute atomic E-state index is 12.9. The number of alkyl halides is 1. The van der Waals surface area contributed by atoms with E-state index in [2.05, 4.69) is 10.8 Å². The van der Waals surface area contributed by atoms with Crippen LogP contribution in [0.1, 0.15) is 6.92 Å². The van der Waals surface area contributed by atoms with E-state index in [-0.39, 0.29) is 19.0 Å². The zero-order valence-electron chi connectivity index (χ0n) is 14.6. The molecular weight excluding hydrogens is 343 g/mol. The number of anilines is 2. The highest BCUT2D eigenvalue weighted by atomic mass is 19.1. The van der Waals surface area contributed by atoms with Crippen molar-refractivity contribution in [2.75, 3.05) is 37.3 Å². The zero-order valence-corrected chi connectivity index (χ0v) is 14.6. The summed E-state index contributed by atoms with van der Waals surface area (Å²) >= 11 is 0. The summed E-state index contributed by atoms with van der Waals surface area (Å²) in [5.74, 6) is 0.457. The largest absolute Gasteiger partial charge is 0.442 e. The van der Waals surface area contributed by atoms with Crippen molar-refractivity contribution in [3.63, 3.8) is 0 Å². The summed E-state index contributed by atoms with van der Waals surface area (Å²) in [7, 11) is 1.48. The van der Waals surface area contributed by atoms with Crippen LogP contribution in [0.4, 0.5) is 20.7 Å². The Morgan fingerprint density at radius 2 is 2.23 bits per heavy atom. The number of hydrogen-bond donors (Lipinski definition) is 2. The Kier molecular flexibility index (Phi) is 5.27. The fourth-order valence-corrected chi connectivity index (χ4v) is 3.04. The van der Waals surface area contributed by atoms with E-state index < -0.39 is 18.9 Å². The van der Waals surface area contributed by atoms with Crippen molar-refractivity contribution in [2.24, 2.45) is 0 Å². The number of fused-ring (bicyclic) bond motifs is 1. The number of aryl methyl sites for hydroxylation is 1. The van der Waals surface area contributed by atoms with Crippen LogP contribution < -0.4 is 15.7 Å². The summed E-state index contributed by atoms with van der Waals surface area (Å²) in [6.07, 6.45) is -0.859. The Morgan fingerprint density at radius 1 is 1.42 bits per heavy atom. The summed E-state index contributed by atoms with van der Waals surface area (Å²) in [5.41, 5.74) is 4.24. The van der Waals surface area contributed by atoms with Gasteiger partial charge in [-0.2, -0.15) is 0 Å². The highest BCUT2D eigenvalue weighted by Gasteiger charge is 2.32. The molecule has 9 heteroatoms. The molecule has 0 aliphatic carbocycles. The van der Waals surface area contributed by atoms with Crippen molar-refractivity contribution in [1.29, 1.82) is 0 Å². The van der Waals surface area contributed by atoms with Crippen LogP contribution in [0, 0.1) is 0 Å². The van der Waals surface area contributed by atoms with Crippen molar-refractivity contribution in [2.45, 2.75) is 19.6 Å². The van der Waals surface area contributed by atoms with Gasteiger partial charge in [0.05, 0.1) is 26.7 Å². The van der Waals surface area contributed by atoms with Gasteiger partial charge >= 0.3 is 6.09 Å². The van der Waals surface area contributed by atoms with Gasteiger partial charge in [-0.15, -0.1) is 0 Å². The molecule has 2 N–H and O–H groups in total. The third-order valence-electron chi connectivity index (χ3n) is 4.16. The molecule has 3 rings (SSSR count). The summed E-state index contributed by atoms with van der Waals surface area (Å²) < 4.78 is 19.9. The molecule has 2 amide bonds. The van der Waals surface area contributed by atoms with Gasteiger partial charge in [-0.1, -0.05) is 0 Å². The summed E-state index contributed by atoms with van der Waals surface area (Å²) in [5, 5.41) is 3.49. The zero-order chi connectivity index (χ0) is 18.7. The normalized spacial score (nSPS) is 16.8. The number of aromatic nitrogens is 1. The van der Waals surface area contributed by atoms with E-state index in [1.54, 1.807) is 10.6 Å². The first kappa shape index (κ1) is 18.0. The summed E-state index contributed by atoms with van der Waals surface area (Å²) in [6, 6.07) is 7.28. The molecule has 1 aliphatic rings. The molecule has 2 aromatic rings. The second kappa shape index (κ2) is 7.61. The number of carbonyl (C=O) groups excluding carboxylic acids is 2. The van der Waals surface area contributed by atoms with Crippen LogP contribution in [0.3, 0.4) is 0 Å². The number of ether oxygens (including phenoxy) is 1. The molecule has 1 aromatic carbocycles. The molecule has 1 saturated heterocycles. The van der Waals surface area contributed by atoms with E-state index in [9.17, 15) is 14.0 Å². The van der Waals surface area contributed by atoms with E-state index in [1.165, 1.54) is 18.9 Å². The van der Waals surface area contributed by atoms with Crippen molar-refractivity contribution in [3.05, 3.63) is 24.3 Å². The van der Waals surface area contributed by atoms with E-state index in [4.69, 9.17) is 9.57 Å². The Bertz CT molecular complexity index is 822. The first-order valence-electron chi connectivity index (χ1n) is 8.24. The first-order chi connectivity index (χ1) is 12.5.